The molecule has 0 saturated carbocycles. The van der Waals surface area contributed by atoms with Crippen LogP contribution in [-0.4, -0.2) is 31.9 Å². The first-order chi connectivity index (χ1) is 12.2. The highest BCUT2D eigenvalue weighted by atomic mass is 16.5. The molecule has 1 heterocycles. The molecule has 2 aromatic rings. The second-order valence-corrected chi connectivity index (χ2v) is 5.38. The minimum atomic E-state index is 0.520. The number of hydrogen-bond donors (Lipinski definition) is 2. The molecule has 2 N–H and O–H groups in total. The normalized spacial score (nSPS) is 11.3. The van der Waals surface area contributed by atoms with Crippen molar-refractivity contribution >= 4 is 5.96 Å². The van der Waals surface area contributed by atoms with Gasteiger partial charge in [-0.25, -0.2) is 4.99 Å². The summed E-state index contributed by atoms with van der Waals surface area (Å²) in [5, 5.41) is 10.4. The van der Waals surface area contributed by atoms with E-state index in [1.54, 1.807) is 14.2 Å². The van der Waals surface area contributed by atoms with Crippen LogP contribution in [0.1, 0.15) is 30.9 Å². The molecule has 25 heavy (non-hydrogen) atoms. The van der Waals surface area contributed by atoms with Crippen molar-refractivity contribution in [1.82, 2.24) is 15.8 Å². The molecule has 0 spiro atoms. The van der Waals surface area contributed by atoms with Crippen molar-refractivity contribution < 1.29 is 14.0 Å². The van der Waals surface area contributed by atoms with E-state index < -0.39 is 0 Å². The van der Waals surface area contributed by atoms with Crippen molar-refractivity contribution in [3.63, 3.8) is 0 Å². The van der Waals surface area contributed by atoms with E-state index in [1.165, 1.54) is 0 Å². The van der Waals surface area contributed by atoms with Crippen molar-refractivity contribution in [3.8, 4) is 11.5 Å². The molecule has 0 radical (unpaired) electrons. The van der Waals surface area contributed by atoms with Gasteiger partial charge < -0.3 is 24.6 Å². The van der Waals surface area contributed by atoms with Crippen LogP contribution in [0.5, 0.6) is 11.5 Å². The molecule has 0 bridgehead atoms. The van der Waals surface area contributed by atoms with Gasteiger partial charge >= 0.3 is 0 Å². The van der Waals surface area contributed by atoms with Crippen LogP contribution < -0.4 is 20.1 Å². The Kier molecular flexibility index (Phi) is 7.13. The van der Waals surface area contributed by atoms with E-state index in [4.69, 9.17) is 14.0 Å². The van der Waals surface area contributed by atoms with Gasteiger partial charge in [0.15, 0.2) is 23.2 Å². The topological polar surface area (TPSA) is 80.9 Å². The van der Waals surface area contributed by atoms with Crippen LogP contribution in [0, 0.1) is 0 Å². The van der Waals surface area contributed by atoms with Crippen molar-refractivity contribution in [3.05, 3.63) is 41.3 Å². The van der Waals surface area contributed by atoms with E-state index in [0.29, 0.717) is 30.5 Å². The van der Waals surface area contributed by atoms with Gasteiger partial charge in [-0.3, -0.25) is 0 Å². The average Bonchev–Trinajstić information content (AvgIpc) is 3.11. The predicted octanol–water partition coefficient (Wildman–Crippen LogP) is 2.51. The molecule has 7 nitrogen and oxygen atoms in total. The van der Waals surface area contributed by atoms with Gasteiger partial charge in [0.1, 0.15) is 0 Å². The standard InChI is InChI=1S/C18H26N4O3/c1-5-14-10-15(25-22-14)12-21-18(19-6-2)20-11-13-7-8-16(23-3)17(9-13)24-4/h7-10H,5-6,11-12H2,1-4H3,(H2,19,20,21). The minimum absolute atomic E-state index is 0.520. The van der Waals surface area contributed by atoms with Crippen molar-refractivity contribution in [2.75, 3.05) is 20.8 Å². The highest BCUT2D eigenvalue weighted by molar-refractivity contribution is 5.79. The Morgan fingerprint density at radius 3 is 2.56 bits per heavy atom. The van der Waals surface area contributed by atoms with E-state index >= 15 is 0 Å². The maximum absolute atomic E-state index is 5.33. The summed E-state index contributed by atoms with van der Waals surface area (Å²) < 4.78 is 15.9. The van der Waals surface area contributed by atoms with Crippen LogP contribution in [0.25, 0.3) is 0 Å². The third-order valence-electron chi connectivity index (χ3n) is 3.61. The first-order valence-corrected chi connectivity index (χ1v) is 8.37. The molecule has 0 aliphatic heterocycles. The number of hydrogen-bond acceptors (Lipinski definition) is 5. The third-order valence-corrected chi connectivity index (χ3v) is 3.61. The maximum Gasteiger partial charge on any atom is 0.191 e. The lowest BCUT2D eigenvalue weighted by Crippen LogP contribution is -2.36. The van der Waals surface area contributed by atoms with Crippen molar-refractivity contribution in [1.29, 1.82) is 0 Å². The zero-order chi connectivity index (χ0) is 18.1. The van der Waals surface area contributed by atoms with Crippen LogP contribution in [0.2, 0.25) is 0 Å². The Morgan fingerprint density at radius 1 is 1.12 bits per heavy atom. The summed E-state index contributed by atoms with van der Waals surface area (Å²) in [6.07, 6.45) is 0.858. The first kappa shape index (κ1) is 18.6. The van der Waals surface area contributed by atoms with Crippen LogP contribution in [0.4, 0.5) is 0 Å². The van der Waals surface area contributed by atoms with Crippen LogP contribution in [-0.2, 0) is 19.5 Å². The molecular formula is C18H26N4O3. The fourth-order valence-corrected chi connectivity index (χ4v) is 2.27. The molecule has 0 amide bonds. The molecule has 7 heteroatoms. The van der Waals surface area contributed by atoms with Gasteiger partial charge in [-0.15, -0.1) is 0 Å². The summed E-state index contributed by atoms with van der Waals surface area (Å²) in [7, 11) is 3.24. The highest BCUT2D eigenvalue weighted by Gasteiger charge is 2.06. The minimum Gasteiger partial charge on any atom is -0.493 e. The second-order valence-electron chi connectivity index (χ2n) is 5.38. The monoisotopic (exact) mass is 346 g/mol. The number of ether oxygens (including phenoxy) is 2. The van der Waals surface area contributed by atoms with E-state index in [2.05, 4.69) is 20.8 Å². The number of rotatable bonds is 8. The number of aromatic nitrogens is 1. The van der Waals surface area contributed by atoms with E-state index in [9.17, 15) is 0 Å². The molecule has 0 saturated heterocycles. The van der Waals surface area contributed by atoms with E-state index in [-0.39, 0.29) is 0 Å². The van der Waals surface area contributed by atoms with E-state index in [0.717, 1.165) is 30.0 Å². The lowest BCUT2D eigenvalue weighted by molar-refractivity contribution is 0.354. The van der Waals surface area contributed by atoms with Gasteiger partial charge in [-0.05, 0) is 31.0 Å². The molecule has 2 rings (SSSR count). The Bertz CT molecular complexity index is 697. The zero-order valence-electron chi connectivity index (χ0n) is 15.3. The number of benzene rings is 1. The summed E-state index contributed by atoms with van der Waals surface area (Å²) in [4.78, 5) is 4.59. The summed E-state index contributed by atoms with van der Waals surface area (Å²) in [5.74, 6) is 2.90. The fourth-order valence-electron chi connectivity index (χ4n) is 2.27. The number of aryl methyl sites for hydroxylation is 1. The average molecular weight is 346 g/mol. The van der Waals surface area contributed by atoms with Crippen LogP contribution >= 0.6 is 0 Å². The molecule has 0 fully saturated rings. The maximum atomic E-state index is 5.33. The lowest BCUT2D eigenvalue weighted by Gasteiger charge is -2.11. The Hall–Kier alpha value is -2.70. The predicted molar refractivity (Wildman–Crippen MR) is 97.1 cm³/mol. The number of nitrogens with one attached hydrogen (secondary N) is 2. The number of nitrogens with zero attached hydrogens (tertiary/aromatic N) is 2. The van der Waals surface area contributed by atoms with Crippen molar-refractivity contribution in [2.45, 2.75) is 33.4 Å². The van der Waals surface area contributed by atoms with Gasteiger partial charge in [0.25, 0.3) is 0 Å². The highest BCUT2D eigenvalue weighted by Crippen LogP contribution is 2.27. The number of methoxy groups -OCH3 is 2. The zero-order valence-corrected chi connectivity index (χ0v) is 15.3. The van der Waals surface area contributed by atoms with Crippen LogP contribution in [0.3, 0.4) is 0 Å². The summed E-state index contributed by atoms with van der Waals surface area (Å²) in [6.45, 7) is 5.90. The molecule has 136 valence electrons. The molecule has 1 aromatic heterocycles. The van der Waals surface area contributed by atoms with Crippen LogP contribution in [0.15, 0.2) is 33.8 Å². The smallest absolute Gasteiger partial charge is 0.191 e. The van der Waals surface area contributed by atoms with Gasteiger partial charge in [0.05, 0.1) is 33.0 Å². The largest absolute Gasteiger partial charge is 0.493 e. The SMILES string of the molecule is CCNC(=NCc1ccc(OC)c(OC)c1)NCc1cc(CC)no1. The molecule has 1 aromatic carbocycles. The Balaban J connectivity index is 2.01. The van der Waals surface area contributed by atoms with Crippen molar-refractivity contribution in [2.24, 2.45) is 4.99 Å². The third kappa shape index (κ3) is 5.41. The number of guanidine groups is 1. The van der Waals surface area contributed by atoms with Gasteiger partial charge in [-0.1, -0.05) is 18.1 Å². The molecule has 0 unspecified atom stereocenters. The quantitative estimate of drug-likeness (QED) is 0.565. The lowest BCUT2D eigenvalue weighted by atomic mass is 10.2. The molecular weight excluding hydrogens is 320 g/mol. The Labute approximate surface area is 148 Å². The second kappa shape index (κ2) is 9.56. The summed E-state index contributed by atoms with van der Waals surface area (Å²) in [6, 6.07) is 7.73. The van der Waals surface area contributed by atoms with E-state index in [1.807, 2.05) is 38.1 Å². The van der Waals surface area contributed by atoms with Gasteiger partial charge in [-0.2, -0.15) is 0 Å². The fraction of sp³-hybridized carbons (Fsp3) is 0.444. The Morgan fingerprint density at radius 2 is 1.92 bits per heavy atom. The molecule has 0 atom stereocenters. The summed E-state index contributed by atoms with van der Waals surface area (Å²) >= 11 is 0. The van der Waals surface area contributed by atoms with Gasteiger partial charge in [0, 0.05) is 12.6 Å². The number of aliphatic imine (C=N–C) groups is 1. The summed E-state index contributed by atoms with van der Waals surface area (Å²) in [5.41, 5.74) is 1.98. The molecule has 0 aliphatic carbocycles. The molecule has 0 aliphatic rings. The van der Waals surface area contributed by atoms with Gasteiger partial charge in [0.2, 0.25) is 0 Å². The first-order valence-electron chi connectivity index (χ1n) is 8.37.